The van der Waals surface area contributed by atoms with Crippen molar-refractivity contribution >= 4 is 93.9 Å². The Morgan fingerprint density at radius 2 is 0.981 bits per heavy atom. The molecule has 7 N–H and O–H groups in total. The number of aliphatic hydroxyl groups excluding tert-OH is 3. The number of thiazole rings is 3. The topological polar surface area (TPSA) is 297 Å². The number of benzene rings is 5. The quantitative estimate of drug-likeness (QED) is 0.0312. The summed E-state index contributed by atoms with van der Waals surface area (Å²) < 4.78 is 0. The minimum Gasteiger partial charge on any atom is -0.391 e. The van der Waals surface area contributed by atoms with Crippen molar-refractivity contribution in [1.29, 1.82) is 0 Å². The highest BCUT2D eigenvalue weighted by Crippen LogP contribution is 2.45. The van der Waals surface area contributed by atoms with Gasteiger partial charge in [-0.25, -0.2) is 15.0 Å². The van der Waals surface area contributed by atoms with Gasteiger partial charge in [0.25, 0.3) is 11.8 Å². The minimum absolute atomic E-state index is 0.0476. The molecule has 0 unspecified atom stereocenters. The molecule has 5 aromatic carbocycles. The third kappa shape index (κ3) is 17.8. The Kier molecular flexibility index (Phi) is 24.8. The maximum atomic E-state index is 14.0. The van der Waals surface area contributed by atoms with Gasteiger partial charge >= 0.3 is 0 Å². The lowest BCUT2D eigenvalue weighted by molar-refractivity contribution is -0.153. The molecule has 13 rings (SSSR count). The van der Waals surface area contributed by atoms with Gasteiger partial charge in [-0.3, -0.25) is 38.4 Å². The number of fused-ring (bicyclic) bond motifs is 1. The Labute approximate surface area is 616 Å². The van der Waals surface area contributed by atoms with E-state index in [-0.39, 0.29) is 86.0 Å². The Bertz CT molecular complexity index is 4320. The molecule has 4 aliphatic heterocycles. The van der Waals surface area contributed by atoms with E-state index < -0.39 is 53.9 Å². The Balaban J connectivity index is 0.000000156. The molecule has 103 heavy (non-hydrogen) atoms. The van der Waals surface area contributed by atoms with Crippen LogP contribution >= 0.6 is 46.6 Å². The molecule has 7 heterocycles. The van der Waals surface area contributed by atoms with Crippen molar-refractivity contribution in [3.05, 3.63) is 194 Å². The molecule has 26 heteroatoms. The molecule has 1 saturated carbocycles. The highest BCUT2D eigenvalue weighted by Gasteiger charge is 2.57. The van der Waals surface area contributed by atoms with Crippen LogP contribution in [0.1, 0.15) is 125 Å². The highest BCUT2D eigenvalue weighted by atomic mass is 32.1. The van der Waals surface area contributed by atoms with Gasteiger partial charge in [-0.15, -0.1) is 34.0 Å². The largest absolute Gasteiger partial charge is 0.391 e. The van der Waals surface area contributed by atoms with Crippen molar-refractivity contribution in [2.75, 3.05) is 25.4 Å². The molecule has 0 radical (unpaired) electrons. The van der Waals surface area contributed by atoms with Gasteiger partial charge in [0.2, 0.25) is 35.4 Å². The molecule has 22 nitrogen and oxygen atoms in total. The second kappa shape index (κ2) is 34.1. The molecule has 8 amide bonds. The summed E-state index contributed by atoms with van der Waals surface area (Å²) in [6, 6.07) is 37.1. The Morgan fingerprint density at radius 1 is 0.563 bits per heavy atom. The number of likely N-dealkylation sites (tertiary alicyclic amines) is 3. The van der Waals surface area contributed by atoms with Crippen LogP contribution in [0, 0.1) is 26.7 Å². The van der Waals surface area contributed by atoms with Crippen LogP contribution in [0.5, 0.6) is 0 Å². The summed E-state index contributed by atoms with van der Waals surface area (Å²) in [5, 5.41) is 42.2. The van der Waals surface area contributed by atoms with Gasteiger partial charge in [0.1, 0.15) is 29.7 Å². The Morgan fingerprint density at radius 3 is 1.39 bits per heavy atom. The van der Waals surface area contributed by atoms with Crippen LogP contribution in [0.25, 0.3) is 31.3 Å². The number of β-amino-alcohol motifs (C(OH)–C–C–N with tert-alkyl or cyclic N) is 3. The molecule has 8 aromatic rings. The van der Waals surface area contributed by atoms with Crippen LogP contribution in [-0.4, -0.2) is 171 Å². The Hall–Kier alpha value is -9.02. The van der Waals surface area contributed by atoms with E-state index in [4.69, 9.17) is 0 Å². The standard InChI is InChI=1S/C29H30N4O4S.C25H34N4O4S2.C23H23N3O3S/c1-18-25(38-17-31-18)20-9-7-19(8-10-20)14-30-26(35)24-13-22(34)16-32(24)28(37)29(11-4-12-29)33-15-21-5-2-3-6-23(21)27(33)36;1-15(2)4-9-22(31)28-20(13-34)25(33)29-12-19(30)10-21(29)24(32)26-11-17-5-7-18(8-6-17)23-16(3)27-14-35-23;1-15-21(30-14-25-15)17-9-7-16(8-10-17)12-24-22(28)20-11-19(27)13-26(20)23(29)18-5-3-2-4-6-18/h2-3,5-10,17,22,24,34H,4,11-16H2,1H3,(H,30,35);5-8,14-15,19-21,30,34H,4,9-13H2,1-3H3,(H,26,32)(H,28,31);2-10,14,19-20,27H,11-13H2,1H3,(H,24,28)/t22-,24+;19-,20+,21+;19-,20+/m111/s1. The molecule has 540 valence electrons. The van der Waals surface area contributed by atoms with Crippen molar-refractivity contribution in [3.63, 3.8) is 0 Å². The number of nitrogens with one attached hydrogen (secondary N) is 4. The fourth-order valence-electron chi connectivity index (χ4n) is 13.7. The number of aliphatic hydroxyl groups is 3. The zero-order valence-corrected chi connectivity index (χ0v) is 61.5. The van der Waals surface area contributed by atoms with Gasteiger partial charge in [-0.05, 0) is 110 Å². The second-order valence-corrected chi connectivity index (χ2v) is 30.1. The molecule has 3 saturated heterocycles. The minimum atomic E-state index is -0.955. The summed E-state index contributed by atoms with van der Waals surface area (Å²) in [4.78, 5) is 127. The van der Waals surface area contributed by atoms with Crippen LogP contribution < -0.4 is 21.3 Å². The van der Waals surface area contributed by atoms with E-state index in [0.29, 0.717) is 62.5 Å². The lowest BCUT2D eigenvalue weighted by Gasteiger charge is -2.49. The summed E-state index contributed by atoms with van der Waals surface area (Å²) in [5.74, 6) is -1.61. The first-order chi connectivity index (χ1) is 49.6. The van der Waals surface area contributed by atoms with Gasteiger partial charge < -0.3 is 56.2 Å². The number of carbonyl (C=O) groups excluding carboxylic acids is 8. The summed E-state index contributed by atoms with van der Waals surface area (Å²) >= 11 is 9.01. The molecule has 3 aromatic heterocycles. The average Bonchev–Trinajstić information content (AvgIpc) is 1.65. The number of aryl methyl sites for hydroxylation is 3. The smallest absolute Gasteiger partial charge is 0.255 e. The molecule has 4 fully saturated rings. The average molecular weight is 1470 g/mol. The SMILES string of the molecule is Cc1ncsc1-c1ccc(CNC(=O)[C@@H]2C[C@@H](O)CN2C(=O)C2(N3Cc4ccccc4C3=O)CCC2)cc1.Cc1ncsc1-c1ccc(CNC(=O)[C@@H]2C[C@@H](O)CN2C(=O)[C@H](CS)NC(=O)CCC(C)C)cc1.Cc1ncsc1-c1ccc(CNC(=O)[C@@H]2C[C@@H](O)CN2C(=O)c2ccccc2)cc1. The summed E-state index contributed by atoms with van der Waals surface area (Å²) in [6.45, 7) is 11.7. The van der Waals surface area contributed by atoms with Crippen molar-refractivity contribution in [3.8, 4) is 31.3 Å². The van der Waals surface area contributed by atoms with Gasteiger partial charge in [0.15, 0.2) is 0 Å². The predicted octanol–water partition coefficient (Wildman–Crippen LogP) is 8.83. The van der Waals surface area contributed by atoms with Crippen LogP contribution in [0.3, 0.4) is 0 Å². The number of aromatic nitrogens is 3. The first kappa shape index (κ1) is 75.1. The number of hydrogen-bond donors (Lipinski definition) is 8. The van der Waals surface area contributed by atoms with Crippen molar-refractivity contribution in [1.82, 2.24) is 55.8 Å². The predicted molar refractivity (Wildman–Crippen MR) is 399 cm³/mol. The molecular weight excluding hydrogens is 1380 g/mol. The molecular formula is C77H87N11O11S4. The summed E-state index contributed by atoms with van der Waals surface area (Å²) in [5.41, 5.74) is 15.7. The monoisotopic (exact) mass is 1470 g/mol. The zero-order chi connectivity index (χ0) is 73.1. The van der Waals surface area contributed by atoms with Gasteiger partial charge in [-0.1, -0.05) is 123 Å². The third-order valence-electron chi connectivity index (χ3n) is 19.5. The van der Waals surface area contributed by atoms with E-state index in [1.807, 2.05) is 148 Å². The third-order valence-corrected chi connectivity index (χ3v) is 22.8. The van der Waals surface area contributed by atoms with E-state index in [1.54, 1.807) is 69.2 Å². The maximum Gasteiger partial charge on any atom is 0.255 e. The van der Waals surface area contributed by atoms with Gasteiger partial charge in [-0.2, -0.15) is 12.6 Å². The first-order valence-electron chi connectivity index (χ1n) is 34.7. The van der Waals surface area contributed by atoms with E-state index in [0.717, 1.165) is 83.5 Å². The van der Waals surface area contributed by atoms with Gasteiger partial charge in [0.05, 0.1) is 66.6 Å². The van der Waals surface area contributed by atoms with Crippen LogP contribution in [-0.2, 0) is 54.9 Å². The zero-order valence-electron chi connectivity index (χ0n) is 58.2. The summed E-state index contributed by atoms with van der Waals surface area (Å²) in [7, 11) is 0. The maximum absolute atomic E-state index is 14.0. The van der Waals surface area contributed by atoms with E-state index in [1.165, 1.54) is 14.7 Å². The lowest BCUT2D eigenvalue weighted by atomic mass is 9.74. The van der Waals surface area contributed by atoms with Crippen molar-refractivity contribution < 1.29 is 53.7 Å². The number of thiol groups is 1. The van der Waals surface area contributed by atoms with Crippen LogP contribution in [0.4, 0.5) is 0 Å². The number of carbonyl (C=O) groups is 8. The van der Waals surface area contributed by atoms with E-state index >= 15 is 0 Å². The number of nitrogens with zero attached hydrogens (tertiary/aromatic N) is 7. The van der Waals surface area contributed by atoms with Crippen LogP contribution in [0.15, 0.2) is 144 Å². The summed E-state index contributed by atoms with van der Waals surface area (Å²) in [6.07, 6.45) is 1.33. The molecule has 5 aliphatic rings. The number of amides is 8. The number of hydrogen-bond acceptors (Lipinski definition) is 18. The van der Waals surface area contributed by atoms with E-state index in [9.17, 15) is 53.7 Å². The second-order valence-electron chi connectivity index (χ2n) is 27.2. The van der Waals surface area contributed by atoms with Crippen molar-refractivity contribution in [2.45, 2.75) is 160 Å². The highest BCUT2D eigenvalue weighted by molar-refractivity contribution is 7.80. The van der Waals surface area contributed by atoms with E-state index in [2.05, 4.69) is 48.8 Å². The van der Waals surface area contributed by atoms with Gasteiger partial charge in [0, 0.05) is 88.4 Å². The molecule has 1 aliphatic carbocycles. The molecule has 7 atom stereocenters. The van der Waals surface area contributed by atoms with Crippen molar-refractivity contribution in [2.24, 2.45) is 5.92 Å². The van der Waals surface area contributed by atoms with Crippen LogP contribution in [0.2, 0.25) is 0 Å². The molecule has 0 spiro atoms. The normalized spacial score (nSPS) is 19.7. The fourth-order valence-corrected chi connectivity index (χ4v) is 16.3. The number of rotatable bonds is 21. The lowest BCUT2D eigenvalue weighted by Crippen LogP contribution is -2.65. The molecule has 0 bridgehead atoms. The first-order valence-corrected chi connectivity index (χ1v) is 38.0. The fraction of sp³-hybridized carbons (Fsp3) is 0.390.